The van der Waals surface area contributed by atoms with Crippen LogP contribution >= 0.6 is 0 Å². The Morgan fingerprint density at radius 3 is 2.26 bits per heavy atom. The van der Waals surface area contributed by atoms with Crippen molar-refractivity contribution in [2.24, 2.45) is 5.73 Å². The zero-order chi connectivity index (χ0) is 21.6. The largest absolute Gasteiger partial charge is 0.449 e. The van der Waals surface area contributed by atoms with Crippen LogP contribution in [0.1, 0.15) is 34.6 Å². The third kappa shape index (κ3) is 4.44. The number of fused-ring (bicyclic) bond motifs is 3. The van der Waals surface area contributed by atoms with E-state index in [1.165, 1.54) is 22.3 Å². The maximum absolute atomic E-state index is 12.2. The second kappa shape index (κ2) is 9.19. The minimum absolute atomic E-state index is 0.0123. The average molecular weight is 409 g/mol. The molecule has 0 radical (unpaired) electrons. The number of amidine groups is 1. The van der Waals surface area contributed by atoms with Crippen LogP contribution in [0.2, 0.25) is 0 Å². The van der Waals surface area contributed by atoms with Gasteiger partial charge in [-0.3, -0.25) is 5.41 Å². The van der Waals surface area contributed by atoms with Gasteiger partial charge in [-0.2, -0.15) is 0 Å². The fraction of sp³-hybridized carbons (Fsp3) is 0.154. The van der Waals surface area contributed by atoms with Crippen molar-refractivity contribution in [3.63, 3.8) is 0 Å². The van der Waals surface area contributed by atoms with Gasteiger partial charge in [0, 0.05) is 30.0 Å². The predicted molar refractivity (Wildman–Crippen MR) is 122 cm³/mol. The van der Waals surface area contributed by atoms with E-state index in [1.807, 2.05) is 42.5 Å². The van der Waals surface area contributed by atoms with Crippen molar-refractivity contribution in [3.8, 4) is 23.0 Å². The van der Waals surface area contributed by atoms with Crippen molar-refractivity contribution >= 4 is 11.9 Å². The first-order valence-corrected chi connectivity index (χ1v) is 10.2. The molecule has 0 aliphatic heterocycles. The number of carbonyl (C=O) groups is 1. The lowest BCUT2D eigenvalue weighted by molar-refractivity contribution is 0.143. The Morgan fingerprint density at radius 2 is 1.58 bits per heavy atom. The Labute approximate surface area is 181 Å². The van der Waals surface area contributed by atoms with Crippen molar-refractivity contribution in [2.75, 3.05) is 13.2 Å². The summed E-state index contributed by atoms with van der Waals surface area (Å²) in [5.41, 5.74) is 11.7. The standard InChI is InChI=1S/C26H23N3O2/c27-25(28)19-11-2-1-9-18(19)10-7-8-16-29-26(30)31-17-24-22-14-5-3-12-20(22)21-13-4-6-15-23(21)24/h1-6,9,11-15,24H,8,16-17H2,(H3,27,28)(H,29,30). The molecule has 31 heavy (non-hydrogen) atoms. The maximum atomic E-state index is 12.2. The summed E-state index contributed by atoms with van der Waals surface area (Å²) < 4.78 is 5.51. The molecule has 1 aliphatic rings. The highest BCUT2D eigenvalue weighted by atomic mass is 16.5. The summed E-state index contributed by atoms with van der Waals surface area (Å²) in [6.07, 6.45) is 0.0176. The van der Waals surface area contributed by atoms with Gasteiger partial charge in [-0.05, 0) is 28.3 Å². The van der Waals surface area contributed by atoms with Crippen LogP contribution in [0.25, 0.3) is 11.1 Å². The van der Waals surface area contributed by atoms with E-state index >= 15 is 0 Å². The third-order valence-electron chi connectivity index (χ3n) is 5.30. The quantitative estimate of drug-likeness (QED) is 0.255. The van der Waals surface area contributed by atoms with E-state index in [9.17, 15) is 4.79 Å². The lowest BCUT2D eigenvalue weighted by Crippen LogP contribution is -2.26. The summed E-state index contributed by atoms with van der Waals surface area (Å²) in [5.74, 6) is 6.04. The van der Waals surface area contributed by atoms with Crippen LogP contribution in [0.3, 0.4) is 0 Å². The molecule has 0 atom stereocenters. The molecule has 4 N–H and O–H groups in total. The molecule has 5 nitrogen and oxygen atoms in total. The topological polar surface area (TPSA) is 88.2 Å². The highest BCUT2D eigenvalue weighted by Gasteiger charge is 2.28. The van der Waals surface area contributed by atoms with Gasteiger partial charge in [0.15, 0.2) is 0 Å². The Hall–Kier alpha value is -4.04. The lowest BCUT2D eigenvalue weighted by Gasteiger charge is -2.14. The van der Waals surface area contributed by atoms with Gasteiger partial charge in [0.05, 0.1) is 0 Å². The van der Waals surface area contributed by atoms with E-state index < -0.39 is 6.09 Å². The summed E-state index contributed by atoms with van der Waals surface area (Å²) in [5, 5.41) is 10.3. The van der Waals surface area contributed by atoms with Crippen molar-refractivity contribution in [2.45, 2.75) is 12.3 Å². The summed E-state index contributed by atoms with van der Waals surface area (Å²) in [6.45, 7) is 0.670. The smallest absolute Gasteiger partial charge is 0.407 e. The molecule has 0 saturated carbocycles. The molecule has 3 aromatic carbocycles. The van der Waals surface area contributed by atoms with Crippen molar-refractivity contribution < 1.29 is 9.53 Å². The number of nitrogens with one attached hydrogen (secondary N) is 2. The van der Waals surface area contributed by atoms with Crippen LogP contribution in [0.5, 0.6) is 0 Å². The Bertz CT molecular complexity index is 1140. The van der Waals surface area contributed by atoms with Gasteiger partial charge >= 0.3 is 6.09 Å². The molecule has 1 amide bonds. The highest BCUT2D eigenvalue weighted by molar-refractivity contribution is 5.97. The molecule has 0 heterocycles. The second-order valence-electron chi connectivity index (χ2n) is 7.26. The molecule has 154 valence electrons. The summed E-state index contributed by atoms with van der Waals surface area (Å²) in [7, 11) is 0. The first kappa shape index (κ1) is 20.2. The van der Waals surface area contributed by atoms with E-state index in [1.54, 1.807) is 6.07 Å². The van der Waals surface area contributed by atoms with Gasteiger partial charge in [-0.25, -0.2) is 4.79 Å². The third-order valence-corrected chi connectivity index (χ3v) is 5.30. The number of carbonyl (C=O) groups excluding carboxylic acids is 1. The Balaban J connectivity index is 1.30. The van der Waals surface area contributed by atoms with Gasteiger partial charge in [0.25, 0.3) is 0 Å². The van der Waals surface area contributed by atoms with Crippen molar-refractivity contribution in [3.05, 3.63) is 95.1 Å². The van der Waals surface area contributed by atoms with Crippen LogP contribution in [0.15, 0.2) is 72.8 Å². The molecule has 0 aromatic heterocycles. The first-order chi connectivity index (χ1) is 15.1. The van der Waals surface area contributed by atoms with E-state index in [4.69, 9.17) is 15.9 Å². The Kier molecular flexibility index (Phi) is 6.00. The predicted octanol–water partition coefficient (Wildman–Crippen LogP) is 4.25. The first-order valence-electron chi connectivity index (χ1n) is 10.2. The number of amides is 1. The molecule has 0 fully saturated rings. The number of alkyl carbamates (subject to hydrolysis) is 1. The number of ether oxygens (including phenoxy) is 1. The molecule has 4 rings (SSSR count). The maximum Gasteiger partial charge on any atom is 0.407 e. The van der Waals surface area contributed by atoms with E-state index in [0.29, 0.717) is 24.1 Å². The summed E-state index contributed by atoms with van der Waals surface area (Å²) in [4.78, 5) is 12.2. The van der Waals surface area contributed by atoms with Crippen LogP contribution < -0.4 is 11.1 Å². The van der Waals surface area contributed by atoms with Crippen LogP contribution in [-0.2, 0) is 4.74 Å². The highest BCUT2D eigenvalue weighted by Crippen LogP contribution is 2.44. The average Bonchev–Trinajstić information content (AvgIpc) is 3.11. The van der Waals surface area contributed by atoms with Crippen LogP contribution in [0, 0.1) is 17.3 Å². The number of hydrogen-bond acceptors (Lipinski definition) is 3. The number of nitrogens with two attached hydrogens (primary N) is 1. The van der Waals surface area contributed by atoms with Gasteiger partial charge in [0.1, 0.15) is 12.4 Å². The molecule has 0 unspecified atom stereocenters. The number of hydrogen-bond donors (Lipinski definition) is 3. The zero-order valence-corrected chi connectivity index (χ0v) is 17.0. The van der Waals surface area contributed by atoms with E-state index in [2.05, 4.69) is 41.4 Å². The molecule has 1 aliphatic carbocycles. The monoisotopic (exact) mass is 409 g/mol. The lowest BCUT2D eigenvalue weighted by atomic mass is 9.98. The normalized spacial score (nSPS) is 11.6. The van der Waals surface area contributed by atoms with Gasteiger partial charge in [-0.15, -0.1) is 0 Å². The van der Waals surface area contributed by atoms with E-state index in [-0.39, 0.29) is 18.4 Å². The molecule has 3 aromatic rings. The summed E-state index contributed by atoms with van der Waals surface area (Å²) >= 11 is 0. The number of nitrogen functional groups attached to an aromatic ring is 1. The summed E-state index contributed by atoms with van der Waals surface area (Å²) in [6, 6.07) is 23.8. The molecule has 0 saturated heterocycles. The molecular formula is C26H23N3O2. The minimum atomic E-state index is -0.451. The fourth-order valence-corrected chi connectivity index (χ4v) is 3.86. The number of benzene rings is 3. The van der Waals surface area contributed by atoms with Crippen molar-refractivity contribution in [1.82, 2.24) is 5.32 Å². The molecule has 5 heteroatoms. The number of rotatable bonds is 5. The van der Waals surface area contributed by atoms with Crippen LogP contribution in [0.4, 0.5) is 4.79 Å². The van der Waals surface area contributed by atoms with Gasteiger partial charge in [0.2, 0.25) is 0 Å². The fourth-order valence-electron chi connectivity index (χ4n) is 3.86. The second-order valence-corrected chi connectivity index (χ2v) is 7.26. The Morgan fingerprint density at radius 1 is 0.968 bits per heavy atom. The van der Waals surface area contributed by atoms with Gasteiger partial charge in [-0.1, -0.05) is 78.6 Å². The molecule has 0 bridgehead atoms. The van der Waals surface area contributed by atoms with Crippen molar-refractivity contribution in [1.29, 1.82) is 5.41 Å². The SMILES string of the molecule is N=C(N)c1ccccc1C#CCCNC(=O)OCC1c2ccccc2-c2ccccc21. The molecule has 0 spiro atoms. The van der Waals surface area contributed by atoms with Gasteiger partial charge < -0.3 is 15.8 Å². The minimum Gasteiger partial charge on any atom is -0.449 e. The molecular weight excluding hydrogens is 386 g/mol. The van der Waals surface area contributed by atoms with E-state index in [0.717, 1.165) is 0 Å². The van der Waals surface area contributed by atoms with Crippen LogP contribution in [-0.4, -0.2) is 25.1 Å². The zero-order valence-electron chi connectivity index (χ0n) is 17.0.